The van der Waals surface area contributed by atoms with Gasteiger partial charge in [-0.25, -0.2) is 0 Å². The molecule has 1 saturated heterocycles. The first-order valence-electron chi connectivity index (χ1n) is 10.0. The Bertz CT molecular complexity index is 1150. The standard InChI is InChI=1S/C25H22ClN3O2/c1-16-7-9-18(10-8-16)23-22(27-24(30)19-11-13-21(26)14-12-19)25(31)28-29(23)15-20-6-4-3-5-17(20)2/h3-15,22-23H,1-2H3,(H-,27,28,30,31)/p+1/b29-15-/t22-,23+/m0/s1. The fourth-order valence-electron chi connectivity index (χ4n) is 3.65. The molecule has 3 aromatic rings. The van der Waals surface area contributed by atoms with Crippen LogP contribution in [0.15, 0.2) is 72.8 Å². The van der Waals surface area contributed by atoms with E-state index in [0.29, 0.717) is 10.6 Å². The van der Waals surface area contributed by atoms with Crippen LogP contribution in [0.1, 0.15) is 38.7 Å². The third kappa shape index (κ3) is 4.52. The summed E-state index contributed by atoms with van der Waals surface area (Å²) in [5.41, 5.74) is 7.49. The molecule has 0 aliphatic carbocycles. The summed E-state index contributed by atoms with van der Waals surface area (Å²) in [5, 5.41) is 3.45. The van der Waals surface area contributed by atoms with Gasteiger partial charge >= 0.3 is 5.91 Å². The lowest BCUT2D eigenvalue weighted by molar-refractivity contribution is -0.596. The monoisotopic (exact) mass is 432 g/mol. The Kier molecular flexibility index (Phi) is 5.87. The number of nitrogens with zero attached hydrogens (tertiary/aromatic N) is 1. The molecule has 31 heavy (non-hydrogen) atoms. The van der Waals surface area contributed by atoms with Crippen molar-refractivity contribution in [2.24, 2.45) is 0 Å². The molecular weight excluding hydrogens is 410 g/mol. The molecular formula is C25H23ClN3O2+. The van der Waals surface area contributed by atoms with Gasteiger partial charge in [0.2, 0.25) is 12.3 Å². The first-order chi connectivity index (χ1) is 14.9. The van der Waals surface area contributed by atoms with E-state index in [1.54, 1.807) is 28.9 Å². The molecule has 1 aliphatic rings. The van der Waals surface area contributed by atoms with Crippen LogP contribution in [0.4, 0.5) is 0 Å². The van der Waals surface area contributed by atoms with Crippen molar-refractivity contribution in [3.63, 3.8) is 0 Å². The predicted molar refractivity (Wildman–Crippen MR) is 121 cm³/mol. The van der Waals surface area contributed by atoms with Gasteiger partial charge in [-0.2, -0.15) is 0 Å². The summed E-state index contributed by atoms with van der Waals surface area (Å²) in [6.07, 6.45) is 1.91. The number of carbonyl (C=O) groups excluding carboxylic acids is 2. The van der Waals surface area contributed by atoms with Crippen molar-refractivity contribution >= 4 is 29.6 Å². The summed E-state index contributed by atoms with van der Waals surface area (Å²) in [6.45, 7) is 4.03. The zero-order chi connectivity index (χ0) is 22.0. The molecule has 2 N–H and O–H groups in total. The average molecular weight is 433 g/mol. The molecule has 0 spiro atoms. The van der Waals surface area contributed by atoms with Gasteiger partial charge in [-0.15, -0.1) is 10.1 Å². The maximum Gasteiger partial charge on any atom is 0.304 e. The van der Waals surface area contributed by atoms with Crippen LogP contribution < -0.4 is 10.7 Å². The Morgan fingerprint density at radius 1 is 1.00 bits per heavy atom. The lowest BCUT2D eigenvalue weighted by Crippen LogP contribution is -2.42. The van der Waals surface area contributed by atoms with E-state index >= 15 is 0 Å². The Labute approximate surface area is 186 Å². The second-order valence-electron chi connectivity index (χ2n) is 7.68. The van der Waals surface area contributed by atoms with Crippen molar-refractivity contribution < 1.29 is 14.3 Å². The fourth-order valence-corrected chi connectivity index (χ4v) is 3.78. The van der Waals surface area contributed by atoms with E-state index in [1.807, 2.05) is 68.6 Å². The maximum atomic E-state index is 12.9. The van der Waals surface area contributed by atoms with Crippen molar-refractivity contribution in [2.45, 2.75) is 25.9 Å². The maximum absolute atomic E-state index is 12.9. The normalized spacial score (nSPS) is 19.3. The molecule has 0 bridgehead atoms. The molecule has 1 aliphatic heterocycles. The van der Waals surface area contributed by atoms with Gasteiger partial charge in [0.1, 0.15) is 0 Å². The molecule has 156 valence electrons. The van der Waals surface area contributed by atoms with Crippen LogP contribution in [0.5, 0.6) is 0 Å². The number of hydrogen-bond acceptors (Lipinski definition) is 2. The van der Waals surface area contributed by atoms with Gasteiger partial charge in [0.25, 0.3) is 5.91 Å². The van der Waals surface area contributed by atoms with Crippen molar-refractivity contribution in [3.8, 4) is 0 Å². The number of amides is 2. The Morgan fingerprint density at radius 3 is 2.35 bits per heavy atom. The summed E-state index contributed by atoms with van der Waals surface area (Å²) < 4.78 is 1.78. The number of nitrogens with one attached hydrogen (secondary N) is 2. The smallest absolute Gasteiger partial charge is 0.304 e. The second-order valence-corrected chi connectivity index (χ2v) is 8.12. The summed E-state index contributed by atoms with van der Waals surface area (Å²) in [6, 6.07) is 21.4. The minimum absolute atomic E-state index is 0.266. The van der Waals surface area contributed by atoms with E-state index in [1.165, 1.54) is 0 Å². The molecule has 6 heteroatoms. The van der Waals surface area contributed by atoms with Gasteiger partial charge in [0.05, 0.1) is 0 Å². The number of hydrogen-bond donors (Lipinski definition) is 2. The van der Waals surface area contributed by atoms with Crippen LogP contribution in [0.2, 0.25) is 5.02 Å². The summed E-state index contributed by atoms with van der Waals surface area (Å²) >= 11 is 5.93. The molecule has 2 amide bonds. The highest BCUT2D eigenvalue weighted by Gasteiger charge is 2.47. The zero-order valence-electron chi connectivity index (χ0n) is 17.3. The van der Waals surface area contributed by atoms with Crippen molar-refractivity contribution in [2.75, 3.05) is 0 Å². The first kappa shape index (κ1) is 20.8. The van der Waals surface area contributed by atoms with Crippen LogP contribution in [-0.4, -0.2) is 28.8 Å². The average Bonchev–Trinajstić information content (AvgIpc) is 3.05. The summed E-state index contributed by atoms with van der Waals surface area (Å²) in [5.74, 6) is -0.593. The highest BCUT2D eigenvalue weighted by atomic mass is 35.5. The minimum Gasteiger partial charge on any atom is -0.334 e. The van der Waals surface area contributed by atoms with Crippen molar-refractivity contribution in [1.29, 1.82) is 0 Å². The SMILES string of the molecule is Cc1ccc([C@@H]2[C@H](NC(=O)c3ccc(Cl)cc3)C(=O)N/[N+]2=C\c2ccccc2C)cc1. The first-order valence-corrected chi connectivity index (χ1v) is 10.4. The van der Waals surface area contributed by atoms with E-state index in [2.05, 4.69) is 10.7 Å². The zero-order valence-corrected chi connectivity index (χ0v) is 18.1. The quantitative estimate of drug-likeness (QED) is 0.613. The molecule has 4 rings (SSSR count). The number of hydrazine groups is 1. The number of carbonyl (C=O) groups is 2. The largest absolute Gasteiger partial charge is 0.334 e. The van der Waals surface area contributed by atoms with Crippen molar-refractivity contribution in [3.05, 3.63) is 106 Å². The molecule has 3 aromatic carbocycles. The Hall–Kier alpha value is -3.44. The highest BCUT2D eigenvalue weighted by molar-refractivity contribution is 6.30. The van der Waals surface area contributed by atoms with Gasteiger partial charge in [-0.3, -0.25) is 9.59 Å². The van der Waals surface area contributed by atoms with Gasteiger partial charge < -0.3 is 5.32 Å². The topological polar surface area (TPSA) is 61.2 Å². The number of benzene rings is 3. The summed E-state index contributed by atoms with van der Waals surface area (Å²) in [4.78, 5) is 25.8. The molecule has 2 atom stereocenters. The third-order valence-electron chi connectivity index (χ3n) is 5.42. The number of hydrazone groups is 1. The second kappa shape index (κ2) is 8.74. The van der Waals surface area contributed by atoms with Gasteiger partial charge in [-0.1, -0.05) is 59.6 Å². The van der Waals surface area contributed by atoms with Crippen molar-refractivity contribution in [1.82, 2.24) is 10.7 Å². The lowest BCUT2D eigenvalue weighted by atomic mass is 9.98. The Balaban J connectivity index is 1.71. The number of rotatable bonds is 4. The number of aryl methyl sites for hydroxylation is 2. The van der Waals surface area contributed by atoms with Gasteiger partial charge in [-0.05, 0) is 49.7 Å². The molecule has 0 saturated carbocycles. The van der Waals surface area contributed by atoms with Crippen LogP contribution in [0, 0.1) is 13.8 Å². The van der Waals surface area contributed by atoms with E-state index < -0.39 is 12.1 Å². The molecule has 1 heterocycles. The highest BCUT2D eigenvalue weighted by Crippen LogP contribution is 2.26. The molecule has 0 unspecified atom stereocenters. The van der Waals surface area contributed by atoms with E-state index in [9.17, 15) is 9.59 Å². The third-order valence-corrected chi connectivity index (χ3v) is 5.67. The Morgan fingerprint density at radius 2 is 1.68 bits per heavy atom. The molecule has 5 nitrogen and oxygen atoms in total. The van der Waals surface area contributed by atoms with Crippen LogP contribution in [-0.2, 0) is 4.79 Å². The fraction of sp³-hybridized carbons (Fsp3) is 0.160. The van der Waals surface area contributed by atoms with E-state index in [4.69, 9.17) is 11.6 Å². The molecule has 0 aromatic heterocycles. The van der Waals surface area contributed by atoms with Gasteiger partial charge in [0.15, 0.2) is 6.04 Å². The molecule has 0 radical (unpaired) electrons. The predicted octanol–water partition coefficient (Wildman–Crippen LogP) is 3.97. The van der Waals surface area contributed by atoms with E-state index in [0.717, 1.165) is 22.3 Å². The van der Waals surface area contributed by atoms with Crippen LogP contribution >= 0.6 is 11.6 Å². The minimum atomic E-state index is -0.758. The van der Waals surface area contributed by atoms with Gasteiger partial charge in [0, 0.05) is 21.7 Å². The van der Waals surface area contributed by atoms with Crippen LogP contribution in [0.25, 0.3) is 0 Å². The van der Waals surface area contributed by atoms with E-state index in [-0.39, 0.29) is 11.8 Å². The molecule has 1 fully saturated rings. The van der Waals surface area contributed by atoms with Crippen LogP contribution in [0.3, 0.4) is 0 Å². The summed E-state index contributed by atoms with van der Waals surface area (Å²) in [7, 11) is 0. The lowest BCUT2D eigenvalue weighted by Gasteiger charge is -2.15. The number of halogens is 1.